The molecular weight excluding hydrogens is 194 g/mol. The zero-order valence-corrected chi connectivity index (χ0v) is 8.64. The van der Waals surface area contributed by atoms with Crippen molar-refractivity contribution in [1.82, 2.24) is 0 Å². The third-order valence-corrected chi connectivity index (χ3v) is 2.42. The maximum absolute atomic E-state index is 9.15. The molecule has 74 valence electrons. The Morgan fingerprint density at radius 2 is 1.69 bits per heavy atom. The second-order valence-corrected chi connectivity index (χ2v) is 3.35. The molecule has 0 unspecified atom stereocenters. The van der Waals surface area contributed by atoms with Crippen LogP contribution < -0.4 is 0 Å². The lowest BCUT2D eigenvalue weighted by atomic mass is 9.96. The average molecular weight is 203 g/mol. The molecule has 0 amide bonds. The highest BCUT2D eigenvalue weighted by atomic mass is 14.3. The first-order valence-electron chi connectivity index (χ1n) is 4.92. The van der Waals surface area contributed by atoms with Crippen LogP contribution in [0.15, 0.2) is 48.5 Å². The van der Waals surface area contributed by atoms with Crippen molar-refractivity contribution in [2.24, 2.45) is 0 Å². The van der Waals surface area contributed by atoms with E-state index in [2.05, 4.69) is 12.0 Å². The predicted molar refractivity (Wildman–Crippen MR) is 64.5 cm³/mol. The minimum absolute atomic E-state index is 0.566. The minimum Gasteiger partial charge on any atom is -0.192 e. The topological polar surface area (TPSA) is 23.8 Å². The van der Waals surface area contributed by atoms with Crippen molar-refractivity contribution in [3.63, 3.8) is 0 Å². The van der Waals surface area contributed by atoms with Crippen LogP contribution in [0.3, 0.4) is 0 Å². The zero-order chi connectivity index (χ0) is 11.4. The second kappa shape index (κ2) is 4.34. The van der Waals surface area contributed by atoms with E-state index >= 15 is 0 Å². The summed E-state index contributed by atoms with van der Waals surface area (Å²) in [5.41, 5.74) is 3.11. The third-order valence-electron chi connectivity index (χ3n) is 2.42. The third kappa shape index (κ3) is 1.67. The Bertz CT molecular complexity index is 583. The highest BCUT2D eigenvalue weighted by Gasteiger charge is 2.07. The summed E-state index contributed by atoms with van der Waals surface area (Å²) in [6, 6.07) is 17.5. The standard InChI is InChI=1S/C15H9N/c1-2-12-9-6-10-14(15(12)11-16)13-7-4-3-5-8-13/h1,3-10H. The van der Waals surface area contributed by atoms with E-state index in [1.165, 1.54) is 0 Å². The van der Waals surface area contributed by atoms with Crippen LogP contribution in [0, 0.1) is 23.7 Å². The number of hydrogen-bond acceptors (Lipinski definition) is 1. The number of terminal acetylenes is 1. The van der Waals surface area contributed by atoms with E-state index in [1.54, 1.807) is 6.07 Å². The fourth-order valence-corrected chi connectivity index (χ4v) is 1.65. The molecule has 0 saturated heterocycles. The van der Waals surface area contributed by atoms with E-state index in [0.717, 1.165) is 11.1 Å². The van der Waals surface area contributed by atoms with E-state index in [9.17, 15) is 0 Å². The maximum Gasteiger partial charge on any atom is 0.101 e. The Morgan fingerprint density at radius 3 is 2.31 bits per heavy atom. The van der Waals surface area contributed by atoms with Crippen LogP contribution in [-0.2, 0) is 0 Å². The van der Waals surface area contributed by atoms with Crippen molar-refractivity contribution in [2.75, 3.05) is 0 Å². The van der Waals surface area contributed by atoms with Gasteiger partial charge >= 0.3 is 0 Å². The van der Waals surface area contributed by atoms with E-state index < -0.39 is 0 Å². The summed E-state index contributed by atoms with van der Waals surface area (Å²) >= 11 is 0. The Balaban J connectivity index is 2.69. The van der Waals surface area contributed by atoms with Gasteiger partial charge in [0, 0.05) is 11.1 Å². The van der Waals surface area contributed by atoms with Gasteiger partial charge in [0.1, 0.15) is 6.07 Å². The van der Waals surface area contributed by atoms with Gasteiger partial charge in [-0.1, -0.05) is 48.4 Å². The van der Waals surface area contributed by atoms with Crippen molar-refractivity contribution in [1.29, 1.82) is 5.26 Å². The first kappa shape index (κ1) is 10.0. The maximum atomic E-state index is 9.15. The Morgan fingerprint density at radius 1 is 0.938 bits per heavy atom. The lowest BCUT2D eigenvalue weighted by Crippen LogP contribution is -1.88. The molecule has 2 rings (SSSR count). The molecule has 0 aliphatic rings. The predicted octanol–water partition coefficient (Wildman–Crippen LogP) is 3.21. The molecule has 2 aromatic rings. The molecule has 1 heteroatoms. The van der Waals surface area contributed by atoms with Gasteiger partial charge in [0.25, 0.3) is 0 Å². The molecule has 16 heavy (non-hydrogen) atoms. The van der Waals surface area contributed by atoms with Gasteiger partial charge in [-0.15, -0.1) is 6.42 Å². The lowest BCUT2D eigenvalue weighted by Gasteiger charge is -2.05. The molecule has 0 saturated carbocycles. The van der Waals surface area contributed by atoms with Gasteiger partial charge in [-0.25, -0.2) is 0 Å². The Labute approximate surface area is 95.0 Å². The largest absolute Gasteiger partial charge is 0.192 e. The Hall–Kier alpha value is -2.51. The molecule has 0 spiro atoms. The average Bonchev–Trinajstić information content (AvgIpc) is 2.38. The van der Waals surface area contributed by atoms with Gasteiger partial charge in [0.15, 0.2) is 0 Å². The molecule has 0 radical (unpaired) electrons. The number of rotatable bonds is 1. The molecule has 2 aromatic carbocycles. The normalized spacial score (nSPS) is 9.12. The molecule has 1 nitrogen and oxygen atoms in total. The number of nitriles is 1. The van der Waals surface area contributed by atoms with Crippen molar-refractivity contribution in [3.8, 4) is 29.5 Å². The van der Waals surface area contributed by atoms with Gasteiger partial charge in [0.2, 0.25) is 0 Å². The summed E-state index contributed by atoms with van der Waals surface area (Å²) in [5.74, 6) is 2.53. The molecule has 0 fully saturated rings. The second-order valence-electron chi connectivity index (χ2n) is 3.35. The Kier molecular flexibility index (Phi) is 2.72. The zero-order valence-electron chi connectivity index (χ0n) is 8.64. The van der Waals surface area contributed by atoms with Crippen molar-refractivity contribution < 1.29 is 0 Å². The number of nitrogens with zero attached hydrogens (tertiary/aromatic N) is 1. The van der Waals surface area contributed by atoms with Crippen LogP contribution in [0.5, 0.6) is 0 Å². The quantitative estimate of drug-likeness (QED) is 0.653. The smallest absolute Gasteiger partial charge is 0.101 e. The number of benzene rings is 2. The molecule has 0 bridgehead atoms. The lowest BCUT2D eigenvalue weighted by molar-refractivity contribution is 1.46. The monoisotopic (exact) mass is 203 g/mol. The summed E-state index contributed by atoms with van der Waals surface area (Å²) < 4.78 is 0. The van der Waals surface area contributed by atoms with Crippen LogP contribution in [0.2, 0.25) is 0 Å². The summed E-state index contributed by atoms with van der Waals surface area (Å²) in [6.45, 7) is 0. The van der Waals surface area contributed by atoms with E-state index in [0.29, 0.717) is 11.1 Å². The van der Waals surface area contributed by atoms with E-state index in [-0.39, 0.29) is 0 Å². The highest BCUT2D eigenvalue weighted by molar-refractivity contribution is 5.73. The summed E-state index contributed by atoms with van der Waals surface area (Å²) in [6.07, 6.45) is 5.37. The van der Waals surface area contributed by atoms with Crippen LogP contribution in [-0.4, -0.2) is 0 Å². The fraction of sp³-hybridized carbons (Fsp3) is 0. The SMILES string of the molecule is C#Cc1cccc(-c2ccccc2)c1C#N. The van der Waals surface area contributed by atoms with Crippen molar-refractivity contribution >= 4 is 0 Å². The van der Waals surface area contributed by atoms with Gasteiger partial charge in [-0.3, -0.25) is 0 Å². The summed E-state index contributed by atoms with van der Waals surface area (Å²) in [7, 11) is 0. The van der Waals surface area contributed by atoms with Gasteiger partial charge in [0.05, 0.1) is 5.56 Å². The van der Waals surface area contributed by atoms with Crippen molar-refractivity contribution in [3.05, 3.63) is 59.7 Å². The fourth-order valence-electron chi connectivity index (χ4n) is 1.65. The molecule has 0 aliphatic heterocycles. The van der Waals surface area contributed by atoms with Gasteiger partial charge in [-0.05, 0) is 11.6 Å². The summed E-state index contributed by atoms with van der Waals surface area (Å²) in [4.78, 5) is 0. The molecule has 0 aliphatic carbocycles. The van der Waals surface area contributed by atoms with Crippen molar-refractivity contribution in [2.45, 2.75) is 0 Å². The van der Waals surface area contributed by atoms with Crippen LogP contribution in [0.1, 0.15) is 11.1 Å². The molecule has 0 aromatic heterocycles. The molecular formula is C15H9N. The minimum atomic E-state index is 0.566. The van der Waals surface area contributed by atoms with Gasteiger partial charge < -0.3 is 0 Å². The first-order valence-corrected chi connectivity index (χ1v) is 4.92. The van der Waals surface area contributed by atoms with E-state index in [4.69, 9.17) is 11.7 Å². The van der Waals surface area contributed by atoms with Crippen LogP contribution in [0.4, 0.5) is 0 Å². The first-order chi connectivity index (χ1) is 7.86. The highest BCUT2D eigenvalue weighted by Crippen LogP contribution is 2.25. The molecule has 0 atom stereocenters. The molecule has 0 N–H and O–H groups in total. The van der Waals surface area contributed by atoms with Crippen LogP contribution in [0.25, 0.3) is 11.1 Å². The number of hydrogen-bond donors (Lipinski definition) is 0. The molecule has 0 heterocycles. The van der Waals surface area contributed by atoms with E-state index in [1.807, 2.05) is 42.5 Å². The van der Waals surface area contributed by atoms with Crippen LogP contribution >= 0.6 is 0 Å². The summed E-state index contributed by atoms with van der Waals surface area (Å²) in [5, 5.41) is 9.15. The van der Waals surface area contributed by atoms with Gasteiger partial charge in [-0.2, -0.15) is 5.26 Å².